The topological polar surface area (TPSA) is 20.2 Å². The first-order valence-corrected chi connectivity index (χ1v) is 4.49. The summed E-state index contributed by atoms with van der Waals surface area (Å²) in [5.74, 6) is 0. The van der Waals surface area contributed by atoms with Gasteiger partial charge in [0.25, 0.3) is 0 Å². The summed E-state index contributed by atoms with van der Waals surface area (Å²) in [4.78, 5) is 0. The predicted molar refractivity (Wildman–Crippen MR) is 52.4 cm³/mol. The maximum atomic E-state index is 9.21. The Balaban J connectivity index is 4.03. The highest BCUT2D eigenvalue weighted by Gasteiger charge is 2.14. The zero-order chi connectivity index (χ0) is 6.78. The lowest BCUT2D eigenvalue weighted by Gasteiger charge is -2.14. The average molecular weight is 338 g/mol. The molecule has 1 N–H and O–H groups in total. The molecule has 0 radical (unpaired) electrons. The van der Waals surface area contributed by atoms with E-state index in [9.17, 15) is 5.11 Å². The number of aliphatic hydroxyl groups is 1. The minimum Gasteiger partial charge on any atom is -0.385 e. The van der Waals surface area contributed by atoms with Crippen molar-refractivity contribution in [2.75, 3.05) is 0 Å². The normalized spacial score (nSPS) is 14.4. The van der Waals surface area contributed by atoms with E-state index in [0.717, 1.165) is 3.58 Å². The summed E-state index contributed by atoms with van der Waals surface area (Å²) in [7, 11) is 0. The molecule has 0 spiro atoms. The van der Waals surface area contributed by atoms with Crippen molar-refractivity contribution in [2.45, 2.75) is 19.4 Å². The van der Waals surface area contributed by atoms with Gasteiger partial charge in [0.2, 0.25) is 0 Å². The van der Waals surface area contributed by atoms with E-state index < -0.39 is 5.60 Å². The van der Waals surface area contributed by atoms with Crippen molar-refractivity contribution >= 4 is 45.2 Å². The molecule has 0 heterocycles. The monoisotopic (exact) mass is 338 g/mol. The lowest BCUT2D eigenvalue weighted by Crippen LogP contribution is -2.17. The van der Waals surface area contributed by atoms with Crippen LogP contribution in [0.3, 0.4) is 0 Å². The van der Waals surface area contributed by atoms with Crippen LogP contribution in [0.25, 0.3) is 0 Å². The van der Waals surface area contributed by atoms with E-state index >= 15 is 0 Å². The summed E-state index contributed by atoms with van der Waals surface area (Å²) < 4.78 is 2.84. The molecule has 0 aliphatic carbocycles. The minimum absolute atomic E-state index is 0.651. The number of hydrogen-bond donors (Lipinski definition) is 1. The fraction of sp³-hybridized carbons (Fsp3) is 0.600. The van der Waals surface area contributed by atoms with Gasteiger partial charge < -0.3 is 5.11 Å². The molecule has 0 aromatic carbocycles. The Morgan fingerprint density at radius 1 is 1.62 bits per heavy atom. The Morgan fingerprint density at radius 3 is 2.00 bits per heavy atom. The van der Waals surface area contributed by atoms with E-state index in [1.807, 2.05) is 4.08 Å². The second kappa shape index (κ2) is 3.36. The summed E-state index contributed by atoms with van der Waals surface area (Å²) in [6.45, 7) is 3.54. The molecule has 0 rings (SSSR count). The van der Waals surface area contributed by atoms with Gasteiger partial charge in [0.05, 0.1) is 5.60 Å². The molecule has 3 heteroatoms. The van der Waals surface area contributed by atoms with Gasteiger partial charge >= 0.3 is 0 Å². The second-order valence-corrected chi connectivity index (χ2v) is 3.80. The van der Waals surface area contributed by atoms with Crippen LogP contribution in [-0.2, 0) is 0 Å². The number of rotatable bonds is 1. The predicted octanol–water partition coefficient (Wildman–Crippen LogP) is 2.47. The van der Waals surface area contributed by atoms with Crippen LogP contribution in [0.2, 0.25) is 0 Å². The molecule has 0 aromatic rings. The Hall–Kier alpha value is 1.16. The summed E-state index contributed by atoms with van der Waals surface area (Å²) in [5, 5.41) is 9.21. The molecule has 0 aliphatic heterocycles. The molecule has 0 atom stereocenters. The molecular formula is C5H8I2O. The summed E-state index contributed by atoms with van der Waals surface area (Å²) in [6, 6.07) is 0. The van der Waals surface area contributed by atoms with Crippen LogP contribution in [0.1, 0.15) is 13.8 Å². The van der Waals surface area contributed by atoms with Crippen LogP contribution >= 0.6 is 45.2 Å². The smallest absolute Gasteiger partial charge is 0.0901 e. The van der Waals surface area contributed by atoms with E-state index in [4.69, 9.17) is 0 Å². The molecule has 0 aromatic heterocycles. The van der Waals surface area contributed by atoms with Crippen LogP contribution in [0.4, 0.5) is 0 Å². The van der Waals surface area contributed by atoms with E-state index in [1.165, 1.54) is 0 Å². The van der Waals surface area contributed by atoms with E-state index in [2.05, 4.69) is 45.2 Å². The zero-order valence-electron chi connectivity index (χ0n) is 4.78. The van der Waals surface area contributed by atoms with Gasteiger partial charge in [-0.1, -0.05) is 22.6 Å². The fourth-order valence-corrected chi connectivity index (χ4v) is 0.896. The number of hydrogen-bond acceptors (Lipinski definition) is 1. The fourth-order valence-electron chi connectivity index (χ4n) is 0.134. The van der Waals surface area contributed by atoms with Crippen LogP contribution < -0.4 is 0 Å². The average Bonchev–Trinajstić information content (AvgIpc) is 1.62. The molecule has 0 unspecified atom stereocenters. The molecule has 0 amide bonds. The van der Waals surface area contributed by atoms with Crippen LogP contribution in [-0.4, -0.2) is 10.7 Å². The maximum absolute atomic E-state index is 9.21. The van der Waals surface area contributed by atoms with E-state index in [1.54, 1.807) is 13.8 Å². The quantitative estimate of drug-likeness (QED) is 0.729. The van der Waals surface area contributed by atoms with Crippen LogP contribution in [0.5, 0.6) is 0 Å². The SMILES string of the molecule is CC(C)(O)/C(I)=C\I. The third-order valence-electron chi connectivity index (χ3n) is 0.680. The summed E-state index contributed by atoms with van der Waals surface area (Å²) in [6.07, 6.45) is 0. The van der Waals surface area contributed by atoms with Crippen molar-refractivity contribution in [1.82, 2.24) is 0 Å². The molecule has 0 saturated carbocycles. The van der Waals surface area contributed by atoms with Gasteiger partial charge in [-0.3, -0.25) is 0 Å². The van der Waals surface area contributed by atoms with Crippen LogP contribution in [0.15, 0.2) is 7.66 Å². The highest BCUT2D eigenvalue weighted by Crippen LogP contribution is 2.23. The lowest BCUT2D eigenvalue weighted by molar-refractivity contribution is 0.131. The lowest BCUT2D eigenvalue weighted by atomic mass is 10.1. The van der Waals surface area contributed by atoms with Gasteiger partial charge in [-0.2, -0.15) is 0 Å². The van der Waals surface area contributed by atoms with Gasteiger partial charge in [-0.25, -0.2) is 0 Å². The van der Waals surface area contributed by atoms with E-state index in [-0.39, 0.29) is 0 Å². The molecule has 0 aliphatic rings. The van der Waals surface area contributed by atoms with Crippen molar-refractivity contribution < 1.29 is 5.11 Å². The van der Waals surface area contributed by atoms with Gasteiger partial charge in [-0.15, -0.1) is 0 Å². The molecular weight excluding hydrogens is 330 g/mol. The number of halogens is 2. The molecule has 0 bridgehead atoms. The standard InChI is InChI=1S/C5H8I2O/c1-5(2,8)4(7)3-6/h3,8H,1-2H3/b4-3+. The zero-order valence-corrected chi connectivity index (χ0v) is 9.10. The van der Waals surface area contributed by atoms with Gasteiger partial charge in [0.1, 0.15) is 0 Å². The van der Waals surface area contributed by atoms with Gasteiger partial charge in [-0.05, 0) is 40.5 Å². The van der Waals surface area contributed by atoms with Crippen LogP contribution in [0, 0.1) is 0 Å². The Bertz CT molecular complexity index is 101. The third kappa shape index (κ3) is 3.24. The van der Waals surface area contributed by atoms with Crippen molar-refractivity contribution in [1.29, 1.82) is 0 Å². The first-order chi connectivity index (χ1) is 3.48. The van der Waals surface area contributed by atoms with Crippen molar-refractivity contribution in [3.63, 3.8) is 0 Å². The Labute approximate surface area is 76.8 Å². The molecule has 1 nitrogen and oxygen atoms in total. The van der Waals surface area contributed by atoms with Crippen molar-refractivity contribution in [3.05, 3.63) is 7.66 Å². The molecule has 0 saturated heterocycles. The summed E-state index contributed by atoms with van der Waals surface area (Å²) in [5.41, 5.74) is -0.651. The molecule has 0 fully saturated rings. The molecule has 8 heavy (non-hydrogen) atoms. The molecule has 48 valence electrons. The van der Waals surface area contributed by atoms with Crippen molar-refractivity contribution in [2.24, 2.45) is 0 Å². The highest BCUT2D eigenvalue weighted by atomic mass is 127. The first kappa shape index (κ1) is 9.16. The first-order valence-electron chi connectivity index (χ1n) is 2.17. The Kier molecular flexibility index (Phi) is 3.85. The summed E-state index contributed by atoms with van der Waals surface area (Å²) >= 11 is 4.22. The van der Waals surface area contributed by atoms with E-state index in [0.29, 0.717) is 0 Å². The second-order valence-electron chi connectivity index (χ2n) is 2.02. The third-order valence-corrected chi connectivity index (χ3v) is 4.13. The minimum atomic E-state index is -0.651. The maximum Gasteiger partial charge on any atom is 0.0901 e. The largest absolute Gasteiger partial charge is 0.385 e. The van der Waals surface area contributed by atoms with Gasteiger partial charge in [0, 0.05) is 3.58 Å². The highest BCUT2D eigenvalue weighted by molar-refractivity contribution is 14.1. The Morgan fingerprint density at radius 2 is 2.00 bits per heavy atom. The van der Waals surface area contributed by atoms with Gasteiger partial charge in [0.15, 0.2) is 0 Å². The van der Waals surface area contributed by atoms with Crippen molar-refractivity contribution in [3.8, 4) is 0 Å².